The second kappa shape index (κ2) is 6.50. The summed E-state index contributed by atoms with van der Waals surface area (Å²) in [7, 11) is 2.44. The molecule has 1 N–H and O–H groups in total. The van der Waals surface area contributed by atoms with E-state index in [9.17, 15) is 9.59 Å². The quantitative estimate of drug-likeness (QED) is 0.270. The molecule has 0 saturated heterocycles. The van der Waals surface area contributed by atoms with Crippen LogP contribution < -0.4 is 5.32 Å². The Bertz CT molecular complexity index is 491. The first-order valence-corrected chi connectivity index (χ1v) is 4.94. The van der Waals surface area contributed by atoms with Crippen molar-refractivity contribution < 1.29 is 19.2 Å². The Morgan fingerprint density at radius 2 is 2.22 bits per heavy atom. The van der Waals surface area contributed by atoms with Gasteiger partial charge in [-0.05, 0) is 0 Å². The van der Waals surface area contributed by atoms with Gasteiger partial charge in [0.1, 0.15) is 18.0 Å². The van der Waals surface area contributed by atoms with Crippen molar-refractivity contribution in [3.05, 3.63) is 16.9 Å². The number of hydrogen-bond donors (Lipinski definition) is 1. The molecule has 0 spiro atoms. The minimum Gasteiger partial charge on any atom is -0.464 e. The Labute approximate surface area is 107 Å². The molecule has 0 aliphatic rings. The van der Waals surface area contributed by atoms with Crippen LogP contribution in [0.3, 0.4) is 0 Å². The van der Waals surface area contributed by atoms with Crippen molar-refractivity contribution in [1.82, 2.24) is 9.97 Å². The van der Waals surface area contributed by atoms with E-state index >= 15 is 0 Å². The van der Waals surface area contributed by atoms with Crippen LogP contribution in [0, 0.1) is 0 Å². The van der Waals surface area contributed by atoms with Crippen LogP contribution in [-0.2, 0) is 19.2 Å². The number of carbonyl (C=O) groups excluding carboxylic acids is 2. The molecule has 0 fully saturated rings. The van der Waals surface area contributed by atoms with E-state index in [1.54, 1.807) is 0 Å². The summed E-state index contributed by atoms with van der Waals surface area (Å²) in [6, 6.07) is 1.28. The molecule has 96 valence electrons. The zero-order valence-electron chi connectivity index (χ0n) is 9.51. The molecule has 8 nitrogen and oxygen atoms in total. The molecule has 0 bridgehead atoms. The monoisotopic (exact) mass is 272 g/mol. The lowest BCUT2D eigenvalue weighted by molar-refractivity contribution is -0.132. The number of nitrogens with zero attached hydrogens (tertiary/aromatic N) is 3. The predicted molar refractivity (Wildman–Crippen MR) is 62.3 cm³/mol. The largest absolute Gasteiger partial charge is 0.464 e. The van der Waals surface area contributed by atoms with Gasteiger partial charge in [-0.2, -0.15) is 0 Å². The lowest BCUT2D eigenvalue weighted by Crippen LogP contribution is -2.20. The molecule has 1 amide bonds. The summed E-state index contributed by atoms with van der Waals surface area (Å²) in [5.74, 6) is -0.830. The van der Waals surface area contributed by atoms with E-state index in [4.69, 9.17) is 11.6 Å². The van der Waals surface area contributed by atoms with Crippen molar-refractivity contribution in [2.45, 2.75) is 0 Å². The third-order valence-electron chi connectivity index (χ3n) is 1.69. The van der Waals surface area contributed by atoms with Gasteiger partial charge in [0.25, 0.3) is 0 Å². The molecule has 0 saturated carbocycles. The van der Waals surface area contributed by atoms with Gasteiger partial charge in [0, 0.05) is 6.07 Å². The van der Waals surface area contributed by atoms with Gasteiger partial charge in [-0.1, -0.05) is 16.8 Å². The molecule has 1 aromatic heterocycles. The van der Waals surface area contributed by atoms with Crippen molar-refractivity contribution in [2.24, 2.45) is 5.16 Å². The topological polar surface area (TPSA) is 103 Å². The van der Waals surface area contributed by atoms with Gasteiger partial charge >= 0.3 is 5.97 Å². The lowest BCUT2D eigenvalue weighted by atomic mass is 10.2. The number of oxime groups is 1. The van der Waals surface area contributed by atoms with Gasteiger partial charge in [-0.15, -0.1) is 0 Å². The maximum absolute atomic E-state index is 11.5. The summed E-state index contributed by atoms with van der Waals surface area (Å²) < 4.78 is 4.52. The number of hydrogen-bond acceptors (Lipinski definition) is 7. The van der Waals surface area contributed by atoms with E-state index in [1.165, 1.54) is 20.3 Å². The molecule has 0 aliphatic heterocycles. The van der Waals surface area contributed by atoms with Gasteiger partial charge < -0.3 is 9.57 Å². The van der Waals surface area contributed by atoms with Crippen LogP contribution in [0.5, 0.6) is 0 Å². The third-order valence-corrected chi connectivity index (χ3v) is 1.88. The molecular formula is C9H9ClN4O4. The molecule has 0 radical (unpaired) electrons. The van der Waals surface area contributed by atoms with E-state index in [0.29, 0.717) is 6.41 Å². The number of esters is 1. The van der Waals surface area contributed by atoms with Crippen LogP contribution in [-0.4, -0.2) is 42.3 Å². The summed E-state index contributed by atoms with van der Waals surface area (Å²) >= 11 is 5.72. The van der Waals surface area contributed by atoms with Gasteiger partial charge in [0.05, 0.1) is 7.11 Å². The molecule has 1 aromatic rings. The summed E-state index contributed by atoms with van der Waals surface area (Å²) in [4.78, 5) is 33.8. The number of anilines is 1. The van der Waals surface area contributed by atoms with Crippen LogP contribution in [0.25, 0.3) is 0 Å². The summed E-state index contributed by atoms with van der Waals surface area (Å²) in [5.41, 5.74) is -0.133. The SMILES string of the molecule is CON=C(C(=O)OC)c1cc(Cl)nc(NC=O)n1. The molecule has 18 heavy (non-hydrogen) atoms. The zero-order chi connectivity index (χ0) is 13.5. The number of carbonyl (C=O) groups is 2. The Hall–Kier alpha value is -2.22. The molecule has 1 heterocycles. The first kappa shape index (κ1) is 13.8. The van der Waals surface area contributed by atoms with Gasteiger partial charge in [0.2, 0.25) is 18.1 Å². The standard InChI is InChI=1S/C9H9ClN4O4/c1-17-8(16)7(14-18-2)5-3-6(10)13-9(12-5)11-4-15/h3-4H,1-2H3,(H,11,12,13,15). The predicted octanol–water partition coefficient (Wildman–Crippen LogP) is 0.222. The summed E-state index contributed by atoms with van der Waals surface area (Å²) in [6.45, 7) is 0. The van der Waals surface area contributed by atoms with E-state index in [0.717, 1.165) is 0 Å². The Balaban J connectivity index is 3.23. The van der Waals surface area contributed by atoms with Crippen LogP contribution >= 0.6 is 11.6 Å². The van der Waals surface area contributed by atoms with E-state index < -0.39 is 5.97 Å². The third kappa shape index (κ3) is 3.39. The van der Waals surface area contributed by atoms with Gasteiger partial charge in [-0.3, -0.25) is 10.1 Å². The highest BCUT2D eigenvalue weighted by molar-refractivity contribution is 6.43. The van der Waals surface area contributed by atoms with Crippen LogP contribution in [0.2, 0.25) is 5.15 Å². The number of rotatable bonds is 5. The fourth-order valence-corrected chi connectivity index (χ4v) is 1.22. The van der Waals surface area contributed by atoms with Crippen LogP contribution in [0.15, 0.2) is 11.2 Å². The fourth-order valence-electron chi connectivity index (χ4n) is 1.03. The molecule has 0 aromatic carbocycles. The van der Waals surface area contributed by atoms with E-state index in [1.807, 2.05) is 0 Å². The molecule has 0 atom stereocenters. The van der Waals surface area contributed by atoms with Gasteiger partial charge in [0.15, 0.2) is 0 Å². The highest BCUT2D eigenvalue weighted by Crippen LogP contribution is 2.11. The molecule has 0 unspecified atom stereocenters. The number of halogens is 1. The molecule has 9 heteroatoms. The minimum atomic E-state index is -0.760. The average Bonchev–Trinajstić information content (AvgIpc) is 2.34. The molecule has 1 rings (SSSR count). The van der Waals surface area contributed by atoms with Crippen molar-refractivity contribution in [2.75, 3.05) is 19.5 Å². The Morgan fingerprint density at radius 3 is 2.78 bits per heavy atom. The minimum absolute atomic E-state index is 0.0251. The second-order valence-electron chi connectivity index (χ2n) is 2.78. The van der Waals surface area contributed by atoms with Crippen molar-refractivity contribution in [1.29, 1.82) is 0 Å². The lowest BCUT2D eigenvalue weighted by Gasteiger charge is -2.05. The van der Waals surface area contributed by atoms with Crippen molar-refractivity contribution >= 4 is 35.6 Å². The number of ether oxygens (including phenoxy) is 1. The average molecular weight is 273 g/mol. The van der Waals surface area contributed by atoms with Gasteiger partial charge in [-0.25, -0.2) is 14.8 Å². The Kier molecular flexibility index (Phi) is 5.00. The highest BCUT2D eigenvalue weighted by atomic mass is 35.5. The first-order chi connectivity index (χ1) is 8.62. The molecular weight excluding hydrogens is 264 g/mol. The first-order valence-electron chi connectivity index (χ1n) is 4.57. The number of aromatic nitrogens is 2. The van der Waals surface area contributed by atoms with Crippen molar-refractivity contribution in [3.63, 3.8) is 0 Å². The maximum Gasteiger partial charge on any atom is 0.362 e. The zero-order valence-corrected chi connectivity index (χ0v) is 10.3. The number of nitrogens with one attached hydrogen (secondary N) is 1. The second-order valence-corrected chi connectivity index (χ2v) is 3.16. The normalized spacial score (nSPS) is 10.7. The summed E-state index contributed by atoms with van der Waals surface area (Å²) in [5, 5.41) is 5.72. The smallest absolute Gasteiger partial charge is 0.362 e. The number of methoxy groups -OCH3 is 1. The number of amides is 1. The van der Waals surface area contributed by atoms with Crippen molar-refractivity contribution in [3.8, 4) is 0 Å². The fraction of sp³-hybridized carbons (Fsp3) is 0.222. The Morgan fingerprint density at radius 1 is 1.50 bits per heavy atom. The summed E-state index contributed by atoms with van der Waals surface area (Å²) in [6.07, 6.45) is 0.376. The molecule has 0 aliphatic carbocycles. The highest BCUT2D eigenvalue weighted by Gasteiger charge is 2.19. The van der Waals surface area contributed by atoms with Crippen LogP contribution in [0.4, 0.5) is 5.95 Å². The maximum atomic E-state index is 11.5. The van der Waals surface area contributed by atoms with Crippen LogP contribution in [0.1, 0.15) is 5.69 Å². The van der Waals surface area contributed by atoms with E-state index in [-0.39, 0.29) is 22.5 Å². The van der Waals surface area contributed by atoms with E-state index in [2.05, 4.69) is 30.0 Å².